The standard InChI is InChI=1S/C14H24N2S/c1-13(2)6-7-14(10-13,11-15)16(3)9-12-5-4-8-17-12/h4-5,8H,6-7,9-11,15H2,1-3H3. The molecule has 1 aliphatic rings. The van der Waals surface area contributed by atoms with Crippen LogP contribution in [0.1, 0.15) is 38.0 Å². The van der Waals surface area contributed by atoms with Gasteiger partial charge in [-0.1, -0.05) is 19.9 Å². The van der Waals surface area contributed by atoms with E-state index in [2.05, 4.69) is 43.3 Å². The van der Waals surface area contributed by atoms with Crippen molar-refractivity contribution >= 4 is 11.3 Å². The van der Waals surface area contributed by atoms with Crippen molar-refractivity contribution < 1.29 is 0 Å². The third-order valence-electron chi connectivity index (χ3n) is 4.24. The van der Waals surface area contributed by atoms with E-state index in [0.717, 1.165) is 13.1 Å². The van der Waals surface area contributed by atoms with Gasteiger partial charge in [-0.05, 0) is 43.2 Å². The molecule has 1 saturated carbocycles. The summed E-state index contributed by atoms with van der Waals surface area (Å²) in [6.07, 6.45) is 3.75. The molecule has 0 aliphatic heterocycles. The van der Waals surface area contributed by atoms with Crippen LogP contribution in [0.15, 0.2) is 17.5 Å². The van der Waals surface area contributed by atoms with Gasteiger partial charge >= 0.3 is 0 Å². The third-order valence-corrected chi connectivity index (χ3v) is 5.10. The average molecular weight is 252 g/mol. The van der Waals surface area contributed by atoms with Crippen LogP contribution in [0.5, 0.6) is 0 Å². The van der Waals surface area contributed by atoms with Crippen molar-refractivity contribution in [2.24, 2.45) is 11.1 Å². The van der Waals surface area contributed by atoms with Crippen LogP contribution in [0.4, 0.5) is 0 Å². The molecule has 1 fully saturated rings. The van der Waals surface area contributed by atoms with Gasteiger partial charge in [0.25, 0.3) is 0 Å². The largest absolute Gasteiger partial charge is 0.329 e. The number of nitrogens with zero attached hydrogens (tertiary/aromatic N) is 1. The predicted octanol–water partition coefficient (Wildman–Crippen LogP) is 3.09. The van der Waals surface area contributed by atoms with E-state index in [9.17, 15) is 0 Å². The van der Waals surface area contributed by atoms with E-state index in [1.54, 1.807) is 0 Å². The van der Waals surface area contributed by atoms with Gasteiger partial charge in [-0.15, -0.1) is 11.3 Å². The molecule has 0 spiro atoms. The Morgan fingerprint density at radius 3 is 2.65 bits per heavy atom. The van der Waals surface area contributed by atoms with Gasteiger partial charge in [-0.25, -0.2) is 0 Å². The van der Waals surface area contributed by atoms with Gasteiger partial charge in [0.2, 0.25) is 0 Å². The third kappa shape index (κ3) is 2.72. The summed E-state index contributed by atoms with van der Waals surface area (Å²) in [5, 5.41) is 2.15. The smallest absolute Gasteiger partial charge is 0.0337 e. The summed E-state index contributed by atoms with van der Waals surface area (Å²) in [5.41, 5.74) is 6.74. The molecule has 2 N–H and O–H groups in total. The molecular formula is C14H24N2S. The molecule has 3 heteroatoms. The maximum Gasteiger partial charge on any atom is 0.0337 e. The Hall–Kier alpha value is -0.380. The Kier molecular flexibility index (Phi) is 3.62. The van der Waals surface area contributed by atoms with Gasteiger partial charge in [0.05, 0.1) is 0 Å². The molecule has 0 bridgehead atoms. The number of nitrogens with two attached hydrogens (primary N) is 1. The highest BCUT2D eigenvalue weighted by molar-refractivity contribution is 7.09. The fourth-order valence-electron chi connectivity index (χ4n) is 3.10. The van der Waals surface area contributed by atoms with Crippen molar-refractivity contribution in [3.05, 3.63) is 22.4 Å². The van der Waals surface area contributed by atoms with Gasteiger partial charge < -0.3 is 5.73 Å². The minimum absolute atomic E-state index is 0.216. The lowest BCUT2D eigenvalue weighted by molar-refractivity contribution is 0.112. The molecule has 1 heterocycles. The average Bonchev–Trinajstić information content (AvgIpc) is 2.86. The zero-order valence-electron chi connectivity index (χ0n) is 11.2. The zero-order valence-corrected chi connectivity index (χ0v) is 12.0. The number of likely N-dealkylation sites (N-methyl/N-ethyl adjacent to an activating group) is 1. The molecule has 2 rings (SSSR count). The Morgan fingerprint density at radius 1 is 1.41 bits per heavy atom. The van der Waals surface area contributed by atoms with E-state index in [-0.39, 0.29) is 5.54 Å². The Bertz CT molecular complexity index is 358. The molecule has 1 aromatic heterocycles. The molecule has 0 saturated heterocycles. The molecule has 0 amide bonds. The van der Waals surface area contributed by atoms with Crippen molar-refractivity contribution in [3.8, 4) is 0 Å². The van der Waals surface area contributed by atoms with Crippen LogP contribution in [0, 0.1) is 5.41 Å². The lowest BCUT2D eigenvalue weighted by atomic mass is 9.87. The number of thiophene rings is 1. The van der Waals surface area contributed by atoms with Crippen molar-refractivity contribution in [1.29, 1.82) is 0 Å². The fourth-order valence-corrected chi connectivity index (χ4v) is 3.86. The van der Waals surface area contributed by atoms with Crippen LogP contribution < -0.4 is 5.73 Å². The Labute approximate surface area is 109 Å². The van der Waals surface area contributed by atoms with E-state index in [4.69, 9.17) is 5.73 Å². The molecule has 17 heavy (non-hydrogen) atoms. The first-order chi connectivity index (χ1) is 7.97. The first-order valence-corrected chi connectivity index (χ1v) is 7.29. The molecule has 0 radical (unpaired) electrons. The van der Waals surface area contributed by atoms with Crippen LogP contribution in [0.2, 0.25) is 0 Å². The molecule has 96 valence electrons. The molecule has 2 nitrogen and oxygen atoms in total. The van der Waals surface area contributed by atoms with Crippen molar-refractivity contribution in [2.75, 3.05) is 13.6 Å². The van der Waals surface area contributed by atoms with Gasteiger partial charge in [0, 0.05) is 23.5 Å². The van der Waals surface area contributed by atoms with Crippen LogP contribution in [-0.4, -0.2) is 24.0 Å². The normalized spacial score (nSPS) is 27.8. The second kappa shape index (κ2) is 4.71. The molecule has 1 atom stereocenters. The molecule has 1 aromatic rings. The zero-order chi connectivity index (χ0) is 12.5. The van der Waals surface area contributed by atoms with Crippen molar-refractivity contribution in [1.82, 2.24) is 4.90 Å². The van der Waals surface area contributed by atoms with Gasteiger partial charge in [-0.2, -0.15) is 0 Å². The lowest BCUT2D eigenvalue weighted by Gasteiger charge is -2.39. The maximum absolute atomic E-state index is 6.08. The van der Waals surface area contributed by atoms with E-state index >= 15 is 0 Å². The summed E-state index contributed by atoms with van der Waals surface area (Å²) in [5.74, 6) is 0. The van der Waals surface area contributed by atoms with Crippen molar-refractivity contribution in [3.63, 3.8) is 0 Å². The second-order valence-electron chi connectivity index (χ2n) is 6.20. The highest BCUT2D eigenvalue weighted by Gasteiger charge is 2.44. The maximum atomic E-state index is 6.08. The summed E-state index contributed by atoms with van der Waals surface area (Å²) in [7, 11) is 2.23. The van der Waals surface area contributed by atoms with Crippen molar-refractivity contribution in [2.45, 2.75) is 45.2 Å². The summed E-state index contributed by atoms with van der Waals surface area (Å²) in [4.78, 5) is 3.91. The highest BCUT2D eigenvalue weighted by Crippen LogP contribution is 2.46. The first kappa shape index (κ1) is 13.1. The van der Waals surface area contributed by atoms with Crippen LogP contribution in [0.3, 0.4) is 0 Å². The van der Waals surface area contributed by atoms with Gasteiger partial charge in [0.15, 0.2) is 0 Å². The number of hydrogen-bond acceptors (Lipinski definition) is 3. The van der Waals surface area contributed by atoms with E-state index in [1.807, 2.05) is 11.3 Å². The first-order valence-electron chi connectivity index (χ1n) is 6.41. The van der Waals surface area contributed by atoms with Gasteiger partial charge in [0.1, 0.15) is 0 Å². The number of rotatable bonds is 4. The highest BCUT2D eigenvalue weighted by atomic mass is 32.1. The SMILES string of the molecule is CN(Cc1cccs1)C1(CN)CCC(C)(C)C1. The molecular weight excluding hydrogens is 228 g/mol. The van der Waals surface area contributed by atoms with Gasteiger partial charge in [-0.3, -0.25) is 4.90 Å². The summed E-state index contributed by atoms with van der Waals surface area (Å²) in [6, 6.07) is 4.34. The fraction of sp³-hybridized carbons (Fsp3) is 0.714. The number of hydrogen-bond donors (Lipinski definition) is 1. The topological polar surface area (TPSA) is 29.3 Å². The molecule has 0 aromatic carbocycles. The lowest BCUT2D eigenvalue weighted by Crippen LogP contribution is -2.50. The van der Waals surface area contributed by atoms with E-state index in [1.165, 1.54) is 24.1 Å². The quantitative estimate of drug-likeness (QED) is 0.892. The predicted molar refractivity (Wildman–Crippen MR) is 75.2 cm³/mol. The molecule has 1 unspecified atom stereocenters. The minimum atomic E-state index is 0.216. The molecule has 1 aliphatic carbocycles. The van der Waals surface area contributed by atoms with E-state index in [0.29, 0.717) is 5.41 Å². The monoisotopic (exact) mass is 252 g/mol. The van der Waals surface area contributed by atoms with Crippen LogP contribution in [0.25, 0.3) is 0 Å². The van der Waals surface area contributed by atoms with Crippen LogP contribution >= 0.6 is 11.3 Å². The summed E-state index contributed by atoms with van der Waals surface area (Å²) in [6.45, 7) is 6.54. The Balaban J connectivity index is 2.08. The summed E-state index contributed by atoms with van der Waals surface area (Å²) < 4.78 is 0. The second-order valence-corrected chi connectivity index (χ2v) is 7.24. The van der Waals surface area contributed by atoms with E-state index < -0.39 is 0 Å². The summed E-state index contributed by atoms with van der Waals surface area (Å²) >= 11 is 1.84. The van der Waals surface area contributed by atoms with Crippen LogP contribution in [-0.2, 0) is 6.54 Å². The Morgan fingerprint density at radius 2 is 2.18 bits per heavy atom. The minimum Gasteiger partial charge on any atom is -0.329 e.